The first kappa shape index (κ1) is 13.8. The summed E-state index contributed by atoms with van der Waals surface area (Å²) in [5, 5.41) is 11.8. The molecule has 0 radical (unpaired) electrons. The summed E-state index contributed by atoms with van der Waals surface area (Å²) < 4.78 is 4.76. The lowest BCUT2D eigenvalue weighted by Gasteiger charge is -2.07. The molecule has 0 saturated carbocycles. The molecule has 0 bridgehead atoms. The third-order valence-corrected chi connectivity index (χ3v) is 2.37. The fourth-order valence-electron chi connectivity index (χ4n) is 1.47. The molecule has 1 aromatic rings. The van der Waals surface area contributed by atoms with E-state index in [1.54, 1.807) is 6.92 Å². The normalized spacial score (nSPS) is 10.7. The second kappa shape index (κ2) is 6.45. The molecule has 0 aliphatic heterocycles. The van der Waals surface area contributed by atoms with E-state index in [4.69, 9.17) is 10.00 Å². The van der Waals surface area contributed by atoms with Crippen LogP contribution in [0.5, 0.6) is 0 Å². The van der Waals surface area contributed by atoms with Crippen LogP contribution in [0.25, 0.3) is 0 Å². The maximum Gasteiger partial charge on any atom is 0.350 e. The van der Waals surface area contributed by atoms with Crippen LogP contribution in [0.4, 0.5) is 5.69 Å². The Kier molecular flexibility index (Phi) is 4.94. The Morgan fingerprint density at radius 1 is 1.50 bits per heavy atom. The van der Waals surface area contributed by atoms with Crippen molar-refractivity contribution in [1.82, 2.24) is 0 Å². The molecule has 1 aromatic carbocycles. The highest BCUT2D eigenvalue weighted by molar-refractivity contribution is 5.93. The molecule has 0 amide bonds. The van der Waals surface area contributed by atoms with Crippen LogP contribution in [0.2, 0.25) is 0 Å². The maximum atomic E-state index is 11.4. The number of hydrogen-bond acceptors (Lipinski definition) is 4. The zero-order valence-electron chi connectivity index (χ0n) is 10.8. The summed E-state index contributed by atoms with van der Waals surface area (Å²) >= 11 is 0. The van der Waals surface area contributed by atoms with Crippen molar-refractivity contribution in [2.75, 3.05) is 11.9 Å². The summed E-state index contributed by atoms with van der Waals surface area (Å²) in [6.45, 7) is 5.91. The number of carbonyl (C=O) groups excluding carboxylic acids is 1. The molecule has 0 aliphatic rings. The van der Waals surface area contributed by atoms with Crippen LogP contribution in [0.1, 0.15) is 18.1 Å². The van der Waals surface area contributed by atoms with Gasteiger partial charge in [0.25, 0.3) is 0 Å². The Bertz CT molecular complexity index is 513. The van der Waals surface area contributed by atoms with E-state index in [9.17, 15) is 4.79 Å². The highest BCUT2D eigenvalue weighted by atomic mass is 16.5. The molecule has 94 valence electrons. The van der Waals surface area contributed by atoms with Crippen LogP contribution in [-0.2, 0) is 9.53 Å². The van der Waals surface area contributed by atoms with Crippen molar-refractivity contribution >= 4 is 11.7 Å². The Balaban J connectivity index is 2.84. The lowest BCUT2D eigenvalue weighted by Crippen LogP contribution is -2.08. The molecular formula is C14H16N2O2. The van der Waals surface area contributed by atoms with Gasteiger partial charge < -0.3 is 10.1 Å². The largest absolute Gasteiger partial charge is 0.462 e. The molecule has 1 N–H and O–H groups in total. The minimum absolute atomic E-state index is 0.0446. The van der Waals surface area contributed by atoms with Crippen molar-refractivity contribution < 1.29 is 9.53 Å². The van der Waals surface area contributed by atoms with Crippen molar-refractivity contribution in [1.29, 1.82) is 5.26 Å². The van der Waals surface area contributed by atoms with E-state index < -0.39 is 5.97 Å². The van der Waals surface area contributed by atoms with Crippen LogP contribution in [0.15, 0.2) is 30.0 Å². The summed E-state index contributed by atoms with van der Waals surface area (Å²) in [4.78, 5) is 11.4. The van der Waals surface area contributed by atoms with Gasteiger partial charge in [-0.3, -0.25) is 0 Å². The Labute approximate surface area is 107 Å². The molecule has 0 spiro atoms. The van der Waals surface area contributed by atoms with Gasteiger partial charge in [0.15, 0.2) is 5.57 Å². The van der Waals surface area contributed by atoms with Gasteiger partial charge in [-0.1, -0.05) is 17.7 Å². The van der Waals surface area contributed by atoms with E-state index in [0.717, 1.165) is 16.8 Å². The van der Waals surface area contributed by atoms with Gasteiger partial charge in [-0.15, -0.1) is 0 Å². The molecule has 0 unspecified atom stereocenters. The maximum absolute atomic E-state index is 11.4. The van der Waals surface area contributed by atoms with E-state index in [-0.39, 0.29) is 12.2 Å². The van der Waals surface area contributed by atoms with Gasteiger partial charge in [0.05, 0.1) is 6.61 Å². The average Bonchev–Trinajstić information content (AvgIpc) is 2.32. The number of benzene rings is 1. The summed E-state index contributed by atoms with van der Waals surface area (Å²) in [6.07, 6.45) is 1.37. The average molecular weight is 244 g/mol. The number of ether oxygens (including phenoxy) is 1. The van der Waals surface area contributed by atoms with E-state index in [1.165, 1.54) is 6.20 Å². The first-order valence-corrected chi connectivity index (χ1v) is 5.69. The minimum atomic E-state index is -0.614. The first-order chi connectivity index (χ1) is 8.58. The van der Waals surface area contributed by atoms with Crippen molar-refractivity contribution in [3.8, 4) is 6.07 Å². The number of hydrogen-bond donors (Lipinski definition) is 1. The third-order valence-electron chi connectivity index (χ3n) is 2.37. The molecule has 4 heteroatoms. The molecule has 18 heavy (non-hydrogen) atoms. The molecule has 0 atom stereocenters. The quantitative estimate of drug-likeness (QED) is 0.502. The predicted molar refractivity (Wildman–Crippen MR) is 69.9 cm³/mol. The number of aryl methyl sites for hydroxylation is 2. The number of nitrogens with one attached hydrogen (secondary N) is 1. The van der Waals surface area contributed by atoms with Crippen molar-refractivity contribution in [2.24, 2.45) is 0 Å². The topological polar surface area (TPSA) is 62.1 Å². The standard InChI is InChI=1S/C14H16N2O2/c1-4-18-14(17)12(8-15)9-16-13-6-5-10(2)7-11(13)3/h5-7,9,16H,4H2,1-3H3/b12-9-. The lowest BCUT2D eigenvalue weighted by molar-refractivity contribution is -0.138. The van der Waals surface area contributed by atoms with E-state index in [1.807, 2.05) is 38.1 Å². The van der Waals surface area contributed by atoms with Crippen molar-refractivity contribution in [2.45, 2.75) is 20.8 Å². The van der Waals surface area contributed by atoms with Gasteiger partial charge in [0, 0.05) is 11.9 Å². The lowest BCUT2D eigenvalue weighted by atomic mass is 10.1. The Hall–Kier alpha value is -2.28. The molecule has 0 fully saturated rings. The van der Waals surface area contributed by atoms with E-state index in [0.29, 0.717) is 0 Å². The Morgan fingerprint density at radius 2 is 2.22 bits per heavy atom. The fraction of sp³-hybridized carbons (Fsp3) is 0.286. The smallest absolute Gasteiger partial charge is 0.350 e. The van der Waals surface area contributed by atoms with Gasteiger partial charge in [-0.25, -0.2) is 4.79 Å². The van der Waals surface area contributed by atoms with Crippen molar-refractivity contribution in [3.63, 3.8) is 0 Å². The monoisotopic (exact) mass is 244 g/mol. The summed E-state index contributed by atoms with van der Waals surface area (Å²) in [5.41, 5.74) is 3.02. The summed E-state index contributed by atoms with van der Waals surface area (Å²) in [5.74, 6) is -0.614. The number of carbonyl (C=O) groups is 1. The molecule has 0 saturated heterocycles. The number of nitriles is 1. The molecular weight excluding hydrogens is 228 g/mol. The highest BCUT2D eigenvalue weighted by Gasteiger charge is 2.09. The van der Waals surface area contributed by atoms with Crippen LogP contribution in [-0.4, -0.2) is 12.6 Å². The summed E-state index contributed by atoms with van der Waals surface area (Å²) in [7, 11) is 0. The number of esters is 1. The second-order valence-electron chi connectivity index (χ2n) is 3.85. The van der Waals surface area contributed by atoms with E-state index >= 15 is 0 Å². The van der Waals surface area contributed by atoms with Crippen molar-refractivity contribution in [3.05, 3.63) is 41.1 Å². The van der Waals surface area contributed by atoms with Crippen LogP contribution < -0.4 is 5.32 Å². The number of nitrogens with zero attached hydrogens (tertiary/aromatic N) is 1. The number of rotatable bonds is 4. The molecule has 0 aromatic heterocycles. The molecule has 1 rings (SSSR count). The van der Waals surface area contributed by atoms with Gasteiger partial charge in [-0.2, -0.15) is 5.26 Å². The Morgan fingerprint density at radius 3 is 2.78 bits per heavy atom. The fourth-order valence-corrected chi connectivity index (χ4v) is 1.47. The molecule has 0 heterocycles. The third kappa shape index (κ3) is 3.63. The summed E-state index contributed by atoms with van der Waals surface area (Å²) in [6, 6.07) is 7.69. The van der Waals surface area contributed by atoms with Crippen LogP contribution >= 0.6 is 0 Å². The van der Waals surface area contributed by atoms with Crippen LogP contribution in [0.3, 0.4) is 0 Å². The highest BCUT2D eigenvalue weighted by Crippen LogP contribution is 2.16. The first-order valence-electron chi connectivity index (χ1n) is 5.69. The SMILES string of the molecule is CCOC(=O)/C(C#N)=C\Nc1ccc(C)cc1C. The minimum Gasteiger partial charge on any atom is -0.462 e. The molecule has 4 nitrogen and oxygen atoms in total. The van der Waals surface area contributed by atoms with Gasteiger partial charge in [0.2, 0.25) is 0 Å². The van der Waals surface area contributed by atoms with Gasteiger partial charge in [0.1, 0.15) is 6.07 Å². The van der Waals surface area contributed by atoms with Gasteiger partial charge >= 0.3 is 5.97 Å². The predicted octanol–water partition coefficient (Wildman–Crippen LogP) is 2.69. The zero-order chi connectivity index (χ0) is 13.5. The molecule has 0 aliphatic carbocycles. The second-order valence-corrected chi connectivity index (χ2v) is 3.85. The van der Waals surface area contributed by atoms with E-state index in [2.05, 4.69) is 5.32 Å². The van der Waals surface area contributed by atoms with Crippen LogP contribution in [0, 0.1) is 25.2 Å². The van der Waals surface area contributed by atoms with Gasteiger partial charge in [-0.05, 0) is 32.4 Å². The zero-order valence-corrected chi connectivity index (χ0v) is 10.8. The number of anilines is 1.